The van der Waals surface area contributed by atoms with E-state index in [-0.39, 0.29) is 44.1 Å². The average molecular weight is 588 g/mol. The van der Waals surface area contributed by atoms with Crippen molar-refractivity contribution in [3.05, 3.63) is 107 Å². The SMILES string of the molecule is CC(C)c1c(C(=O)Cc2ccc(CO)cc2)c(-c2ccccc2)c(-c2ccc(F)cc2)n1CC[C@@H](O)C[C@@H](O)CC(=O)O. The van der Waals surface area contributed by atoms with E-state index in [2.05, 4.69) is 0 Å². The Morgan fingerprint density at radius 2 is 1.47 bits per heavy atom. The summed E-state index contributed by atoms with van der Waals surface area (Å²) in [5, 5.41) is 39.3. The number of hydrogen-bond donors (Lipinski definition) is 4. The van der Waals surface area contributed by atoms with Gasteiger partial charge in [0.1, 0.15) is 5.82 Å². The van der Waals surface area contributed by atoms with E-state index in [0.29, 0.717) is 22.4 Å². The first-order valence-electron chi connectivity index (χ1n) is 14.5. The zero-order valence-corrected chi connectivity index (χ0v) is 24.4. The zero-order chi connectivity index (χ0) is 31.1. The molecular weight excluding hydrogens is 549 g/mol. The van der Waals surface area contributed by atoms with Gasteiger partial charge in [-0.15, -0.1) is 0 Å². The number of Topliss-reactive ketones (excluding diaryl/α,β-unsaturated/α-hetero) is 1. The smallest absolute Gasteiger partial charge is 0.305 e. The summed E-state index contributed by atoms with van der Waals surface area (Å²) >= 11 is 0. The van der Waals surface area contributed by atoms with Crippen molar-refractivity contribution in [3.63, 3.8) is 0 Å². The van der Waals surface area contributed by atoms with E-state index in [1.54, 1.807) is 24.3 Å². The summed E-state index contributed by atoms with van der Waals surface area (Å²) < 4.78 is 16.1. The molecule has 2 atom stereocenters. The molecule has 0 spiro atoms. The maximum atomic E-state index is 14.3. The number of nitrogens with zero attached hydrogens (tertiary/aromatic N) is 1. The van der Waals surface area contributed by atoms with Crippen molar-refractivity contribution in [1.29, 1.82) is 0 Å². The molecular formula is C35H38FNO6. The predicted octanol–water partition coefficient (Wildman–Crippen LogP) is 5.98. The minimum absolute atomic E-state index is 0.0903. The number of hydrogen-bond acceptors (Lipinski definition) is 5. The molecule has 0 amide bonds. The van der Waals surface area contributed by atoms with Crippen LogP contribution in [-0.2, 0) is 24.4 Å². The van der Waals surface area contributed by atoms with Crippen LogP contribution in [0.4, 0.5) is 4.39 Å². The normalized spacial score (nSPS) is 12.8. The number of ketones is 1. The first-order chi connectivity index (χ1) is 20.6. The maximum absolute atomic E-state index is 14.3. The highest BCUT2D eigenvalue weighted by molar-refractivity contribution is 6.08. The van der Waals surface area contributed by atoms with Gasteiger partial charge in [0.25, 0.3) is 0 Å². The summed E-state index contributed by atoms with van der Waals surface area (Å²) in [6.45, 7) is 4.18. The first kappa shape index (κ1) is 31.8. The van der Waals surface area contributed by atoms with Gasteiger partial charge in [0.05, 0.1) is 30.9 Å². The molecule has 4 N–H and O–H groups in total. The Labute approximate surface area is 250 Å². The van der Waals surface area contributed by atoms with Crippen LogP contribution >= 0.6 is 0 Å². The van der Waals surface area contributed by atoms with Crippen molar-refractivity contribution >= 4 is 11.8 Å². The van der Waals surface area contributed by atoms with Gasteiger partial charge >= 0.3 is 5.97 Å². The van der Waals surface area contributed by atoms with Crippen LogP contribution in [0.2, 0.25) is 0 Å². The molecule has 1 heterocycles. The minimum Gasteiger partial charge on any atom is -0.481 e. The number of halogens is 1. The molecule has 3 aromatic carbocycles. The molecule has 226 valence electrons. The fourth-order valence-corrected chi connectivity index (χ4v) is 5.58. The van der Waals surface area contributed by atoms with Gasteiger partial charge in [-0.2, -0.15) is 0 Å². The van der Waals surface area contributed by atoms with Gasteiger partial charge in [-0.1, -0.05) is 68.4 Å². The summed E-state index contributed by atoms with van der Waals surface area (Å²) in [6.07, 6.45) is -2.41. The molecule has 8 heteroatoms. The topological polar surface area (TPSA) is 120 Å². The number of carbonyl (C=O) groups is 2. The Morgan fingerprint density at radius 3 is 2.05 bits per heavy atom. The number of aliphatic hydroxyl groups is 3. The van der Waals surface area contributed by atoms with Gasteiger partial charge in [-0.05, 0) is 65.3 Å². The van der Waals surface area contributed by atoms with E-state index < -0.39 is 30.4 Å². The predicted molar refractivity (Wildman–Crippen MR) is 163 cm³/mol. The second-order valence-electron chi connectivity index (χ2n) is 11.2. The lowest BCUT2D eigenvalue weighted by Gasteiger charge is -2.20. The molecule has 4 aromatic rings. The Morgan fingerprint density at radius 1 is 0.837 bits per heavy atom. The lowest BCUT2D eigenvalue weighted by atomic mass is 9.90. The molecule has 0 fully saturated rings. The van der Waals surface area contributed by atoms with E-state index in [4.69, 9.17) is 5.11 Å². The van der Waals surface area contributed by atoms with Crippen LogP contribution in [0.1, 0.15) is 66.2 Å². The van der Waals surface area contributed by atoms with Crippen LogP contribution in [0.25, 0.3) is 22.4 Å². The van der Waals surface area contributed by atoms with E-state index in [1.165, 1.54) is 12.1 Å². The quantitative estimate of drug-likeness (QED) is 0.135. The molecule has 0 bridgehead atoms. The summed E-state index contributed by atoms with van der Waals surface area (Å²) in [7, 11) is 0. The molecule has 7 nitrogen and oxygen atoms in total. The zero-order valence-electron chi connectivity index (χ0n) is 24.4. The van der Waals surface area contributed by atoms with E-state index in [0.717, 1.165) is 22.4 Å². The molecule has 0 saturated carbocycles. The molecule has 43 heavy (non-hydrogen) atoms. The minimum atomic E-state index is -1.19. The van der Waals surface area contributed by atoms with Crippen molar-refractivity contribution in [2.75, 3.05) is 0 Å². The van der Waals surface area contributed by atoms with Crippen LogP contribution in [0.15, 0.2) is 78.9 Å². The second kappa shape index (κ2) is 14.4. The maximum Gasteiger partial charge on any atom is 0.305 e. The van der Waals surface area contributed by atoms with Crippen LogP contribution in [-0.4, -0.2) is 49.0 Å². The molecule has 0 aliphatic heterocycles. The van der Waals surface area contributed by atoms with Crippen molar-refractivity contribution < 1.29 is 34.4 Å². The fraction of sp³-hybridized carbons (Fsp3) is 0.314. The van der Waals surface area contributed by atoms with Crippen LogP contribution in [0.5, 0.6) is 0 Å². The number of aliphatic carboxylic acids is 1. The van der Waals surface area contributed by atoms with Crippen LogP contribution in [0.3, 0.4) is 0 Å². The van der Waals surface area contributed by atoms with Crippen molar-refractivity contribution in [2.24, 2.45) is 0 Å². The summed E-state index contributed by atoms with van der Waals surface area (Å²) in [4.78, 5) is 25.3. The third-order valence-electron chi connectivity index (χ3n) is 7.52. The fourth-order valence-electron chi connectivity index (χ4n) is 5.58. The van der Waals surface area contributed by atoms with Gasteiger partial charge in [0.2, 0.25) is 0 Å². The number of benzene rings is 3. The molecule has 1 aromatic heterocycles. The third-order valence-corrected chi connectivity index (χ3v) is 7.52. The number of aromatic nitrogens is 1. The standard InChI is InChI=1S/C35H38FNO6/c1-22(2)34-33(30(41)18-23-8-10-24(21-38)11-9-23)32(25-6-4-3-5-7-25)35(26-12-14-27(36)15-13-26)37(34)17-16-28(39)19-29(40)20-31(42)43/h3-15,22,28-29,38-40H,16-21H2,1-2H3,(H,42,43)/t28-,29-/m1/s1. The Balaban J connectivity index is 1.88. The van der Waals surface area contributed by atoms with Crippen molar-refractivity contribution in [2.45, 2.75) is 70.8 Å². The van der Waals surface area contributed by atoms with Crippen molar-refractivity contribution in [1.82, 2.24) is 4.57 Å². The van der Waals surface area contributed by atoms with Gasteiger partial charge in [-0.3, -0.25) is 9.59 Å². The molecule has 0 saturated heterocycles. The Hall–Kier alpha value is -4.11. The van der Waals surface area contributed by atoms with E-state index in [1.807, 2.05) is 60.9 Å². The number of carbonyl (C=O) groups excluding carboxylic acids is 1. The highest BCUT2D eigenvalue weighted by atomic mass is 19.1. The Kier molecular flexibility index (Phi) is 10.6. The lowest BCUT2D eigenvalue weighted by molar-refractivity contribution is -0.139. The van der Waals surface area contributed by atoms with Gasteiger partial charge < -0.3 is 25.0 Å². The first-order valence-corrected chi connectivity index (χ1v) is 14.5. The number of aliphatic hydroxyl groups excluding tert-OH is 3. The summed E-state index contributed by atoms with van der Waals surface area (Å²) in [5.74, 6) is -1.74. The van der Waals surface area contributed by atoms with E-state index >= 15 is 0 Å². The van der Waals surface area contributed by atoms with Gasteiger partial charge in [0, 0.05) is 29.8 Å². The van der Waals surface area contributed by atoms with Gasteiger partial charge in [-0.25, -0.2) is 4.39 Å². The van der Waals surface area contributed by atoms with E-state index in [9.17, 15) is 29.3 Å². The highest BCUT2D eigenvalue weighted by Gasteiger charge is 2.30. The molecule has 4 rings (SSSR count). The summed E-state index contributed by atoms with van der Waals surface area (Å²) in [5.41, 5.74) is 5.82. The van der Waals surface area contributed by atoms with Crippen LogP contribution in [0, 0.1) is 5.82 Å². The number of carboxylic acids is 1. The van der Waals surface area contributed by atoms with Crippen molar-refractivity contribution in [3.8, 4) is 22.4 Å². The second-order valence-corrected chi connectivity index (χ2v) is 11.2. The average Bonchev–Trinajstić information content (AvgIpc) is 3.32. The molecule has 0 aliphatic rings. The number of rotatable bonds is 14. The van der Waals surface area contributed by atoms with Crippen LogP contribution < -0.4 is 0 Å². The summed E-state index contributed by atoms with van der Waals surface area (Å²) in [6, 6.07) is 22.9. The Bertz CT molecular complexity index is 1530. The third kappa shape index (κ3) is 7.84. The lowest BCUT2D eigenvalue weighted by Crippen LogP contribution is -2.22. The highest BCUT2D eigenvalue weighted by Crippen LogP contribution is 2.43. The molecule has 0 unspecified atom stereocenters. The molecule has 0 aliphatic carbocycles. The largest absolute Gasteiger partial charge is 0.481 e. The van der Waals surface area contributed by atoms with Gasteiger partial charge in [0.15, 0.2) is 5.78 Å². The number of carboxylic acid groups (broad SMARTS) is 1. The monoisotopic (exact) mass is 587 g/mol. The molecule has 0 radical (unpaired) electrons.